The molecule has 0 spiro atoms. The maximum absolute atomic E-state index is 12.2. The number of aryl methyl sites for hydroxylation is 1. The molecular weight excluding hydrogens is 294 g/mol. The Kier molecular flexibility index (Phi) is 3.75. The summed E-state index contributed by atoms with van der Waals surface area (Å²) in [4.78, 5) is 26.4. The van der Waals surface area contributed by atoms with Gasteiger partial charge in [-0.2, -0.15) is 5.10 Å². The van der Waals surface area contributed by atoms with Crippen LogP contribution in [0.25, 0.3) is 0 Å². The van der Waals surface area contributed by atoms with E-state index in [9.17, 15) is 9.59 Å². The summed E-state index contributed by atoms with van der Waals surface area (Å²) < 4.78 is 3.39. The summed E-state index contributed by atoms with van der Waals surface area (Å²) in [5.41, 5.74) is 0.0220. The van der Waals surface area contributed by atoms with E-state index in [1.54, 1.807) is 7.05 Å². The molecule has 7 heteroatoms. The molecule has 1 aromatic heterocycles. The predicted octanol–water partition coefficient (Wildman–Crippen LogP) is 0.375. The van der Waals surface area contributed by atoms with E-state index in [0.29, 0.717) is 24.5 Å². The van der Waals surface area contributed by atoms with Crippen molar-refractivity contribution in [3.63, 3.8) is 0 Å². The summed E-state index contributed by atoms with van der Waals surface area (Å²) in [7, 11) is 1.74. The predicted molar refractivity (Wildman–Crippen MR) is 85.3 cm³/mol. The van der Waals surface area contributed by atoms with Gasteiger partial charge in [0.25, 0.3) is 0 Å². The van der Waals surface area contributed by atoms with Gasteiger partial charge in [0.15, 0.2) is 0 Å². The molecule has 23 heavy (non-hydrogen) atoms. The highest BCUT2D eigenvalue weighted by molar-refractivity contribution is 5.78. The van der Waals surface area contributed by atoms with Crippen LogP contribution in [-0.4, -0.2) is 50.8 Å². The van der Waals surface area contributed by atoms with E-state index < -0.39 is 0 Å². The highest BCUT2D eigenvalue weighted by atomic mass is 16.2. The summed E-state index contributed by atoms with van der Waals surface area (Å²) in [6.45, 7) is 2.30. The zero-order valence-corrected chi connectivity index (χ0v) is 13.7. The molecule has 3 aliphatic rings. The molecule has 3 fully saturated rings. The second-order valence-corrected chi connectivity index (χ2v) is 7.26. The number of aromatic nitrogens is 3. The molecule has 0 atom stereocenters. The van der Waals surface area contributed by atoms with Gasteiger partial charge in [0.05, 0.1) is 6.54 Å². The summed E-state index contributed by atoms with van der Waals surface area (Å²) in [6.07, 6.45) is 6.40. The van der Waals surface area contributed by atoms with Crippen molar-refractivity contribution in [2.75, 3.05) is 19.6 Å². The largest absolute Gasteiger partial charge is 0.352 e. The molecule has 0 aromatic carbocycles. The van der Waals surface area contributed by atoms with Gasteiger partial charge in [0.2, 0.25) is 5.91 Å². The Morgan fingerprint density at radius 2 is 1.87 bits per heavy atom. The number of nitrogens with one attached hydrogen (secondary N) is 1. The van der Waals surface area contributed by atoms with E-state index in [1.807, 2.05) is 4.57 Å². The molecule has 1 N–H and O–H groups in total. The second kappa shape index (κ2) is 5.78. The van der Waals surface area contributed by atoms with Crippen LogP contribution in [0.15, 0.2) is 4.79 Å². The van der Waals surface area contributed by atoms with Gasteiger partial charge in [-0.25, -0.2) is 9.48 Å². The lowest BCUT2D eigenvalue weighted by molar-refractivity contribution is -0.122. The Hall–Kier alpha value is -1.63. The Balaban J connectivity index is 1.37. The molecule has 1 aromatic rings. The molecule has 4 rings (SSSR count). The molecule has 2 heterocycles. The minimum absolute atomic E-state index is 0.0220. The van der Waals surface area contributed by atoms with E-state index in [2.05, 4.69) is 15.3 Å². The van der Waals surface area contributed by atoms with Crippen LogP contribution in [0, 0.1) is 0 Å². The second-order valence-electron chi connectivity index (χ2n) is 7.26. The molecule has 1 aliphatic heterocycles. The molecule has 0 radical (unpaired) electrons. The standard InChI is InChI=1S/C16H25N5O2/c1-19-16(23)21(13-4-5-13)15(18-19)11-6-8-20(9-7-11)10-14(22)17-12-2-3-12/h11-13H,2-10H2,1H3,(H,17,22). The molecule has 0 bridgehead atoms. The summed E-state index contributed by atoms with van der Waals surface area (Å²) in [6, 6.07) is 0.801. The Bertz CT molecular complexity index is 648. The summed E-state index contributed by atoms with van der Waals surface area (Å²) in [5, 5.41) is 7.54. The van der Waals surface area contributed by atoms with E-state index >= 15 is 0 Å². The van der Waals surface area contributed by atoms with Gasteiger partial charge in [-0.1, -0.05) is 0 Å². The highest BCUT2D eigenvalue weighted by Crippen LogP contribution is 2.37. The molecule has 0 unspecified atom stereocenters. The van der Waals surface area contributed by atoms with Crippen LogP contribution in [0.3, 0.4) is 0 Å². The zero-order chi connectivity index (χ0) is 16.0. The fourth-order valence-electron chi connectivity index (χ4n) is 3.51. The van der Waals surface area contributed by atoms with Crippen molar-refractivity contribution >= 4 is 5.91 Å². The van der Waals surface area contributed by atoms with Gasteiger partial charge in [0, 0.05) is 25.0 Å². The minimum atomic E-state index is 0.0220. The average molecular weight is 319 g/mol. The van der Waals surface area contributed by atoms with Crippen molar-refractivity contribution in [3.8, 4) is 0 Å². The number of hydrogen-bond donors (Lipinski definition) is 1. The first-order valence-corrected chi connectivity index (χ1v) is 8.79. The van der Waals surface area contributed by atoms with Gasteiger partial charge in [-0.3, -0.25) is 14.3 Å². The van der Waals surface area contributed by atoms with Crippen molar-refractivity contribution in [3.05, 3.63) is 16.3 Å². The molecule has 126 valence electrons. The van der Waals surface area contributed by atoms with Crippen LogP contribution in [0.1, 0.15) is 56.3 Å². The lowest BCUT2D eigenvalue weighted by atomic mass is 9.96. The topological polar surface area (TPSA) is 72.2 Å². The summed E-state index contributed by atoms with van der Waals surface area (Å²) >= 11 is 0. The molecule has 2 saturated carbocycles. The third-order valence-electron chi connectivity index (χ3n) is 5.16. The molecule has 2 aliphatic carbocycles. The van der Waals surface area contributed by atoms with Crippen LogP contribution in [0.4, 0.5) is 0 Å². The van der Waals surface area contributed by atoms with Crippen LogP contribution < -0.4 is 11.0 Å². The monoisotopic (exact) mass is 319 g/mol. The Morgan fingerprint density at radius 3 is 2.48 bits per heavy atom. The van der Waals surface area contributed by atoms with Gasteiger partial charge in [-0.05, 0) is 51.6 Å². The smallest absolute Gasteiger partial charge is 0.345 e. The maximum Gasteiger partial charge on any atom is 0.345 e. The number of amides is 1. The fourth-order valence-corrected chi connectivity index (χ4v) is 3.51. The number of rotatable bonds is 5. The molecule has 1 saturated heterocycles. The fraction of sp³-hybridized carbons (Fsp3) is 0.812. The van der Waals surface area contributed by atoms with E-state index in [1.165, 1.54) is 4.68 Å². The van der Waals surface area contributed by atoms with Crippen LogP contribution >= 0.6 is 0 Å². The first kappa shape index (κ1) is 14.9. The SMILES string of the molecule is Cn1nc(C2CCN(CC(=O)NC3CC3)CC2)n(C2CC2)c1=O. The van der Waals surface area contributed by atoms with Crippen LogP contribution in [0.2, 0.25) is 0 Å². The van der Waals surface area contributed by atoms with Crippen molar-refractivity contribution in [1.82, 2.24) is 24.6 Å². The van der Waals surface area contributed by atoms with Crippen molar-refractivity contribution in [2.24, 2.45) is 7.05 Å². The Labute approximate surface area is 135 Å². The maximum atomic E-state index is 12.2. The third-order valence-corrected chi connectivity index (χ3v) is 5.16. The van der Waals surface area contributed by atoms with Crippen LogP contribution in [-0.2, 0) is 11.8 Å². The third kappa shape index (κ3) is 3.20. The quantitative estimate of drug-likeness (QED) is 0.851. The normalized spacial score (nSPS) is 23.2. The average Bonchev–Trinajstić information content (AvgIpc) is 3.43. The van der Waals surface area contributed by atoms with Crippen molar-refractivity contribution < 1.29 is 4.79 Å². The number of carbonyl (C=O) groups excluding carboxylic acids is 1. The zero-order valence-electron chi connectivity index (χ0n) is 13.7. The van der Waals surface area contributed by atoms with Gasteiger partial charge < -0.3 is 5.32 Å². The first-order chi connectivity index (χ1) is 11.1. The van der Waals surface area contributed by atoms with Crippen LogP contribution in [0.5, 0.6) is 0 Å². The lowest BCUT2D eigenvalue weighted by Crippen LogP contribution is -2.42. The number of hydrogen-bond acceptors (Lipinski definition) is 4. The van der Waals surface area contributed by atoms with E-state index in [-0.39, 0.29) is 11.6 Å². The summed E-state index contributed by atoms with van der Waals surface area (Å²) in [5.74, 6) is 1.45. The Morgan fingerprint density at radius 1 is 1.17 bits per heavy atom. The van der Waals surface area contributed by atoms with E-state index in [0.717, 1.165) is 57.4 Å². The van der Waals surface area contributed by atoms with Crippen molar-refractivity contribution in [2.45, 2.75) is 56.5 Å². The van der Waals surface area contributed by atoms with Gasteiger partial charge in [0.1, 0.15) is 5.82 Å². The number of carbonyl (C=O) groups is 1. The number of nitrogens with zero attached hydrogens (tertiary/aromatic N) is 4. The molecule has 7 nitrogen and oxygen atoms in total. The number of likely N-dealkylation sites (tertiary alicyclic amines) is 1. The minimum Gasteiger partial charge on any atom is -0.352 e. The van der Waals surface area contributed by atoms with E-state index in [4.69, 9.17) is 0 Å². The van der Waals surface area contributed by atoms with Gasteiger partial charge in [-0.15, -0.1) is 0 Å². The molecular formula is C16H25N5O2. The lowest BCUT2D eigenvalue weighted by Gasteiger charge is -2.31. The van der Waals surface area contributed by atoms with Crippen molar-refractivity contribution in [1.29, 1.82) is 0 Å². The molecule has 1 amide bonds. The highest BCUT2D eigenvalue weighted by Gasteiger charge is 2.34. The van der Waals surface area contributed by atoms with Gasteiger partial charge >= 0.3 is 5.69 Å². The number of piperidine rings is 1. The first-order valence-electron chi connectivity index (χ1n) is 8.79.